The van der Waals surface area contributed by atoms with Crippen LogP contribution in [0, 0.1) is 0 Å². The molecular formula is C17H24N2O2. The molecule has 114 valence electrons. The topological polar surface area (TPSA) is 43.8 Å². The van der Waals surface area contributed by atoms with E-state index in [1.165, 1.54) is 43.5 Å². The summed E-state index contributed by atoms with van der Waals surface area (Å²) in [4.78, 5) is 16.1. The molecule has 0 amide bonds. The molecule has 4 nitrogen and oxygen atoms in total. The zero-order valence-electron chi connectivity index (χ0n) is 12.6. The predicted octanol–water partition coefficient (Wildman–Crippen LogP) is 2.23. The number of benzene rings is 1. The largest absolute Gasteiger partial charge is 0.478 e. The van der Waals surface area contributed by atoms with Gasteiger partial charge in [-0.25, -0.2) is 4.79 Å². The lowest BCUT2D eigenvalue weighted by Crippen LogP contribution is -2.39. The highest BCUT2D eigenvalue weighted by Gasteiger charge is 2.19. The molecule has 2 heterocycles. The second-order valence-electron chi connectivity index (χ2n) is 6.22. The average Bonchev–Trinajstić information content (AvgIpc) is 2.53. The van der Waals surface area contributed by atoms with Crippen LogP contribution < -0.4 is 0 Å². The van der Waals surface area contributed by atoms with Gasteiger partial charge in [0.25, 0.3) is 0 Å². The Bertz CT molecular complexity index is 510. The third-order valence-electron chi connectivity index (χ3n) is 4.73. The minimum absolute atomic E-state index is 0.409. The van der Waals surface area contributed by atoms with Crippen LogP contribution in [-0.4, -0.2) is 53.6 Å². The third kappa shape index (κ3) is 3.63. The van der Waals surface area contributed by atoms with Crippen molar-refractivity contribution >= 4 is 5.97 Å². The van der Waals surface area contributed by atoms with Gasteiger partial charge in [-0.1, -0.05) is 12.5 Å². The summed E-state index contributed by atoms with van der Waals surface area (Å²) in [6.07, 6.45) is 5.09. The number of carboxylic acid groups (broad SMARTS) is 1. The van der Waals surface area contributed by atoms with Gasteiger partial charge in [0.1, 0.15) is 0 Å². The van der Waals surface area contributed by atoms with Crippen molar-refractivity contribution in [3.8, 4) is 0 Å². The zero-order valence-corrected chi connectivity index (χ0v) is 12.6. The number of piperidine rings is 1. The number of fused-ring (bicyclic) bond motifs is 1. The normalized spacial score (nSPS) is 20.2. The van der Waals surface area contributed by atoms with Crippen LogP contribution in [0.5, 0.6) is 0 Å². The highest BCUT2D eigenvalue weighted by Crippen LogP contribution is 2.20. The van der Waals surface area contributed by atoms with Gasteiger partial charge in [-0.05, 0) is 55.6 Å². The first-order valence-electron chi connectivity index (χ1n) is 8.02. The maximum atomic E-state index is 11.1. The number of rotatable bonds is 4. The summed E-state index contributed by atoms with van der Waals surface area (Å²) >= 11 is 0. The number of hydrogen-bond acceptors (Lipinski definition) is 3. The molecule has 0 unspecified atom stereocenters. The monoisotopic (exact) mass is 288 g/mol. The Balaban J connectivity index is 1.58. The molecule has 0 bridgehead atoms. The van der Waals surface area contributed by atoms with E-state index in [4.69, 9.17) is 5.11 Å². The predicted molar refractivity (Wildman–Crippen MR) is 82.7 cm³/mol. The Morgan fingerprint density at radius 3 is 2.52 bits per heavy atom. The summed E-state index contributed by atoms with van der Waals surface area (Å²) < 4.78 is 0. The molecule has 0 atom stereocenters. The Hall–Kier alpha value is -1.39. The number of nitrogens with zero attached hydrogens (tertiary/aromatic N) is 2. The van der Waals surface area contributed by atoms with Gasteiger partial charge in [0, 0.05) is 26.2 Å². The first-order chi connectivity index (χ1) is 10.2. The Kier molecular flexibility index (Phi) is 4.56. The summed E-state index contributed by atoms with van der Waals surface area (Å²) in [5.74, 6) is -0.830. The maximum Gasteiger partial charge on any atom is 0.335 e. The van der Waals surface area contributed by atoms with Crippen LogP contribution in [0.3, 0.4) is 0 Å². The summed E-state index contributed by atoms with van der Waals surface area (Å²) in [7, 11) is 0. The van der Waals surface area contributed by atoms with Crippen molar-refractivity contribution < 1.29 is 9.90 Å². The summed E-state index contributed by atoms with van der Waals surface area (Å²) in [6, 6.07) is 5.57. The van der Waals surface area contributed by atoms with Gasteiger partial charge >= 0.3 is 5.97 Å². The van der Waals surface area contributed by atoms with Crippen molar-refractivity contribution in [1.29, 1.82) is 0 Å². The SMILES string of the molecule is O=C(O)c1ccc2c(c1)CN(CCN1CCCCC1)CC2. The molecule has 0 aromatic heterocycles. The van der Waals surface area contributed by atoms with Gasteiger partial charge in [-0.2, -0.15) is 0 Å². The maximum absolute atomic E-state index is 11.1. The minimum atomic E-state index is -0.830. The number of aromatic carboxylic acids is 1. The molecule has 1 aromatic rings. The van der Waals surface area contributed by atoms with Crippen LogP contribution in [0.15, 0.2) is 18.2 Å². The van der Waals surface area contributed by atoms with Crippen molar-refractivity contribution in [3.63, 3.8) is 0 Å². The third-order valence-corrected chi connectivity index (χ3v) is 4.73. The first kappa shape index (κ1) is 14.5. The molecule has 1 fully saturated rings. The van der Waals surface area contributed by atoms with E-state index in [1.807, 2.05) is 12.1 Å². The van der Waals surface area contributed by atoms with E-state index in [-0.39, 0.29) is 0 Å². The number of carbonyl (C=O) groups is 1. The smallest absolute Gasteiger partial charge is 0.335 e. The van der Waals surface area contributed by atoms with E-state index in [2.05, 4.69) is 9.80 Å². The van der Waals surface area contributed by atoms with E-state index in [0.29, 0.717) is 5.56 Å². The highest BCUT2D eigenvalue weighted by molar-refractivity contribution is 5.87. The van der Waals surface area contributed by atoms with Crippen LogP contribution >= 0.6 is 0 Å². The van der Waals surface area contributed by atoms with Crippen molar-refractivity contribution in [1.82, 2.24) is 9.80 Å². The molecule has 4 heteroatoms. The number of hydrogen-bond donors (Lipinski definition) is 1. The first-order valence-corrected chi connectivity index (χ1v) is 8.02. The summed E-state index contributed by atoms with van der Waals surface area (Å²) in [5.41, 5.74) is 2.92. The molecular weight excluding hydrogens is 264 g/mol. The van der Waals surface area contributed by atoms with Gasteiger partial charge in [-0.15, -0.1) is 0 Å². The fourth-order valence-corrected chi connectivity index (χ4v) is 3.41. The number of likely N-dealkylation sites (tertiary alicyclic amines) is 1. The average molecular weight is 288 g/mol. The molecule has 1 saturated heterocycles. The van der Waals surface area contributed by atoms with E-state index in [1.54, 1.807) is 6.07 Å². The van der Waals surface area contributed by atoms with Crippen molar-refractivity contribution in [3.05, 3.63) is 34.9 Å². The van der Waals surface area contributed by atoms with Crippen LogP contribution in [-0.2, 0) is 13.0 Å². The lowest BCUT2D eigenvalue weighted by Gasteiger charge is -2.32. The second kappa shape index (κ2) is 6.58. The van der Waals surface area contributed by atoms with E-state index in [9.17, 15) is 4.79 Å². The van der Waals surface area contributed by atoms with E-state index < -0.39 is 5.97 Å². The molecule has 0 saturated carbocycles. The molecule has 2 aliphatic rings. The molecule has 2 aliphatic heterocycles. The summed E-state index contributed by atoms with van der Waals surface area (Å²) in [6.45, 7) is 6.71. The fourth-order valence-electron chi connectivity index (χ4n) is 3.41. The molecule has 0 spiro atoms. The standard InChI is InChI=1S/C17H24N2O2/c20-17(21)15-5-4-14-6-9-19(13-16(14)12-15)11-10-18-7-2-1-3-8-18/h4-5,12H,1-3,6-11,13H2,(H,20,21). The molecule has 0 aliphatic carbocycles. The quantitative estimate of drug-likeness (QED) is 0.922. The van der Waals surface area contributed by atoms with E-state index in [0.717, 1.165) is 32.6 Å². The Labute approximate surface area is 126 Å². The molecule has 0 radical (unpaired) electrons. The molecule has 1 aromatic carbocycles. The lowest BCUT2D eigenvalue weighted by atomic mass is 9.97. The lowest BCUT2D eigenvalue weighted by molar-refractivity contribution is 0.0696. The van der Waals surface area contributed by atoms with Crippen molar-refractivity contribution in [2.75, 3.05) is 32.7 Å². The van der Waals surface area contributed by atoms with Crippen molar-refractivity contribution in [2.24, 2.45) is 0 Å². The summed E-state index contributed by atoms with van der Waals surface area (Å²) in [5, 5.41) is 9.11. The molecule has 3 rings (SSSR count). The van der Waals surface area contributed by atoms with Gasteiger partial charge < -0.3 is 10.0 Å². The van der Waals surface area contributed by atoms with Crippen molar-refractivity contribution in [2.45, 2.75) is 32.2 Å². The highest BCUT2D eigenvalue weighted by atomic mass is 16.4. The van der Waals surface area contributed by atoms with E-state index >= 15 is 0 Å². The Morgan fingerprint density at radius 1 is 1.00 bits per heavy atom. The number of carboxylic acids is 1. The van der Waals surface area contributed by atoms with Crippen LogP contribution in [0.4, 0.5) is 0 Å². The second-order valence-corrected chi connectivity index (χ2v) is 6.22. The zero-order chi connectivity index (χ0) is 14.7. The molecule has 1 N–H and O–H groups in total. The van der Waals surface area contributed by atoms with Gasteiger partial charge in [0.05, 0.1) is 5.56 Å². The van der Waals surface area contributed by atoms with Gasteiger partial charge in [0.2, 0.25) is 0 Å². The van der Waals surface area contributed by atoms with Crippen LogP contribution in [0.1, 0.15) is 40.7 Å². The fraction of sp³-hybridized carbons (Fsp3) is 0.588. The van der Waals surface area contributed by atoms with Gasteiger partial charge in [0.15, 0.2) is 0 Å². The van der Waals surface area contributed by atoms with Gasteiger partial charge in [-0.3, -0.25) is 4.90 Å². The van der Waals surface area contributed by atoms with Crippen LogP contribution in [0.25, 0.3) is 0 Å². The minimum Gasteiger partial charge on any atom is -0.478 e. The molecule has 21 heavy (non-hydrogen) atoms. The Morgan fingerprint density at radius 2 is 1.76 bits per heavy atom. The van der Waals surface area contributed by atoms with Crippen LogP contribution in [0.2, 0.25) is 0 Å².